The van der Waals surface area contributed by atoms with Crippen molar-refractivity contribution in [2.45, 2.75) is 57.0 Å². The number of benzene rings is 3. The minimum absolute atomic E-state index is 0.0570. The van der Waals surface area contributed by atoms with Gasteiger partial charge in [0.15, 0.2) is 0 Å². The van der Waals surface area contributed by atoms with Crippen LogP contribution in [0.3, 0.4) is 0 Å². The van der Waals surface area contributed by atoms with Crippen molar-refractivity contribution < 1.29 is 27.5 Å². The van der Waals surface area contributed by atoms with Crippen molar-refractivity contribution in [3.8, 4) is 22.9 Å². The molecule has 1 fully saturated rings. The summed E-state index contributed by atoms with van der Waals surface area (Å²) in [6.07, 6.45) is 0.990. The van der Waals surface area contributed by atoms with E-state index in [-0.39, 0.29) is 30.4 Å². The van der Waals surface area contributed by atoms with Crippen LogP contribution in [0.25, 0.3) is 22.0 Å². The first kappa shape index (κ1) is 28.7. The van der Waals surface area contributed by atoms with Crippen LogP contribution in [0.15, 0.2) is 72.9 Å². The lowest BCUT2D eigenvalue weighted by molar-refractivity contribution is -0.274. The number of hydrogen-bond acceptors (Lipinski definition) is 4. The molecular formula is C32H29F3N4O3. The van der Waals surface area contributed by atoms with Gasteiger partial charge in [-0.05, 0) is 66.3 Å². The van der Waals surface area contributed by atoms with Crippen molar-refractivity contribution in [1.29, 1.82) is 5.26 Å². The summed E-state index contributed by atoms with van der Waals surface area (Å²) < 4.78 is 44.0. The average molecular weight is 575 g/mol. The standard InChI is InChI=1S/C32H29F3N4O3/c33-32(34,35)42-29-13-12-21(20-6-5-7-22(16-20)30(40)38-24-8-1-2-9-24)18-27(29)31(41)39-25(14-15-36)17-23-19-37-28-11-4-3-10-26(23)28/h3-7,10-13,16,18-19,24-25,37H,1-2,8-9,14,17H2,(H,38,40)(H,39,41). The minimum Gasteiger partial charge on any atom is -0.405 e. The van der Waals surface area contributed by atoms with Gasteiger partial charge in [0.2, 0.25) is 0 Å². The van der Waals surface area contributed by atoms with E-state index in [2.05, 4.69) is 20.4 Å². The van der Waals surface area contributed by atoms with Crippen molar-refractivity contribution in [2.24, 2.45) is 0 Å². The van der Waals surface area contributed by atoms with Gasteiger partial charge in [-0.3, -0.25) is 9.59 Å². The van der Waals surface area contributed by atoms with Gasteiger partial charge < -0.3 is 20.4 Å². The average Bonchev–Trinajstić information content (AvgIpc) is 3.63. The molecule has 0 spiro atoms. The van der Waals surface area contributed by atoms with Crippen molar-refractivity contribution in [1.82, 2.24) is 15.6 Å². The second-order valence-electron chi connectivity index (χ2n) is 10.4. The van der Waals surface area contributed by atoms with Crippen molar-refractivity contribution >= 4 is 22.7 Å². The highest BCUT2D eigenvalue weighted by Gasteiger charge is 2.33. The highest BCUT2D eigenvalue weighted by Crippen LogP contribution is 2.32. The molecule has 1 saturated carbocycles. The Morgan fingerprint density at radius 3 is 2.52 bits per heavy atom. The number of amides is 2. The van der Waals surface area contributed by atoms with E-state index in [9.17, 15) is 28.0 Å². The molecule has 3 N–H and O–H groups in total. The maximum Gasteiger partial charge on any atom is 0.573 e. The molecule has 1 aromatic heterocycles. The summed E-state index contributed by atoms with van der Waals surface area (Å²) in [5, 5.41) is 16.1. The molecule has 1 unspecified atom stereocenters. The number of aromatic amines is 1. The molecule has 1 aliphatic carbocycles. The van der Waals surface area contributed by atoms with E-state index in [1.54, 1.807) is 30.5 Å². The number of rotatable bonds is 9. The quantitative estimate of drug-likeness (QED) is 0.208. The van der Waals surface area contributed by atoms with Crippen LogP contribution in [0.5, 0.6) is 5.75 Å². The molecule has 7 nitrogen and oxygen atoms in total. The number of carbonyl (C=O) groups excluding carboxylic acids is 2. The molecule has 5 rings (SSSR count). The number of nitrogens with one attached hydrogen (secondary N) is 3. The third kappa shape index (κ3) is 6.92. The summed E-state index contributed by atoms with van der Waals surface area (Å²) in [5.74, 6) is -1.71. The number of hydrogen-bond donors (Lipinski definition) is 3. The Hall–Kier alpha value is -4.78. The molecule has 4 aromatic rings. The van der Waals surface area contributed by atoms with E-state index in [1.807, 2.05) is 30.3 Å². The molecular weight excluding hydrogens is 545 g/mol. The number of ether oxygens (including phenoxy) is 1. The van der Waals surface area contributed by atoms with E-state index in [0.717, 1.165) is 48.2 Å². The summed E-state index contributed by atoms with van der Waals surface area (Å²) in [4.78, 5) is 29.4. The first-order valence-corrected chi connectivity index (χ1v) is 13.7. The van der Waals surface area contributed by atoms with Crippen LogP contribution in [0.2, 0.25) is 0 Å². The lowest BCUT2D eigenvalue weighted by Gasteiger charge is -2.19. The number of nitrogens with zero attached hydrogens (tertiary/aromatic N) is 1. The van der Waals surface area contributed by atoms with Crippen molar-refractivity contribution in [3.05, 3.63) is 89.6 Å². The largest absolute Gasteiger partial charge is 0.573 e. The van der Waals surface area contributed by atoms with Crippen molar-refractivity contribution in [3.63, 3.8) is 0 Å². The zero-order valence-electron chi connectivity index (χ0n) is 22.6. The Bertz CT molecular complexity index is 1630. The number of aromatic nitrogens is 1. The minimum atomic E-state index is -5.02. The predicted molar refractivity (Wildman–Crippen MR) is 152 cm³/mol. The van der Waals surface area contributed by atoms with Crippen LogP contribution in [-0.2, 0) is 6.42 Å². The monoisotopic (exact) mass is 574 g/mol. The molecule has 0 bridgehead atoms. The van der Waals surface area contributed by atoms with Gasteiger partial charge in [-0.15, -0.1) is 13.2 Å². The summed E-state index contributed by atoms with van der Waals surface area (Å²) in [7, 11) is 0. The molecule has 0 aliphatic heterocycles. The van der Waals surface area contributed by atoms with Gasteiger partial charge in [0.25, 0.3) is 11.8 Å². The van der Waals surface area contributed by atoms with Gasteiger partial charge in [0, 0.05) is 34.7 Å². The Kier molecular flexibility index (Phi) is 8.48. The van der Waals surface area contributed by atoms with Gasteiger partial charge >= 0.3 is 6.36 Å². The van der Waals surface area contributed by atoms with Crippen LogP contribution in [0, 0.1) is 11.3 Å². The zero-order valence-corrected chi connectivity index (χ0v) is 22.6. The first-order valence-electron chi connectivity index (χ1n) is 13.7. The van der Waals surface area contributed by atoms with E-state index in [0.29, 0.717) is 16.7 Å². The lowest BCUT2D eigenvalue weighted by atomic mass is 9.99. The van der Waals surface area contributed by atoms with E-state index in [4.69, 9.17) is 0 Å². The van der Waals surface area contributed by atoms with Crippen LogP contribution in [0.1, 0.15) is 58.4 Å². The van der Waals surface area contributed by atoms with Crippen LogP contribution in [0.4, 0.5) is 13.2 Å². The highest BCUT2D eigenvalue weighted by atomic mass is 19.4. The number of alkyl halides is 3. The number of carbonyl (C=O) groups is 2. The van der Waals surface area contributed by atoms with Gasteiger partial charge in [-0.1, -0.05) is 49.2 Å². The molecule has 1 heterocycles. The fraction of sp³-hybridized carbons (Fsp3) is 0.281. The second kappa shape index (κ2) is 12.4. The third-order valence-corrected chi connectivity index (χ3v) is 7.41. The van der Waals surface area contributed by atoms with Gasteiger partial charge in [0.1, 0.15) is 5.75 Å². The topological polar surface area (TPSA) is 107 Å². The van der Waals surface area contributed by atoms with E-state index in [1.165, 1.54) is 12.1 Å². The molecule has 42 heavy (non-hydrogen) atoms. The normalized spacial score (nSPS) is 14.3. The molecule has 1 aliphatic rings. The zero-order chi connectivity index (χ0) is 29.7. The van der Waals surface area contributed by atoms with Gasteiger partial charge in [-0.2, -0.15) is 5.26 Å². The summed E-state index contributed by atoms with van der Waals surface area (Å²) in [6, 6.07) is 19.6. The Labute approximate surface area is 240 Å². The fourth-order valence-corrected chi connectivity index (χ4v) is 5.39. The molecule has 0 saturated heterocycles. The van der Waals surface area contributed by atoms with E-state index < -0.39 is 24.1 Å². The van der Waals surface area contributed by atoms with Crippen LogP contribution in [-0.4, -0.2) is 35.2 Å². The fourth-order valence-electron chi connectivity index (χ4n) is 5.39. The summed E-state index contributed by atoms with van der Waals surface area (Å²) >= 11 is 0. The number of para-hydroxylation sites is 1. The third-order valence-electron chi connectivity index (χ3n) is 7.41. The molecule has 2 amide bonds. The maximum absolute atomic E-state index is 13.4. The predicted octanol–water partition coefficient (Wildman–Crippen LogP) is 6.66. The van der Waals surface area contributed by atoms with Crippen LogP contribution >= 0.6 is 0 Å². The SMILES string of the molecule is N#CCC(Cc1c[nH]c2ccccc12)NC(=O)c1cc(-c2cccc(C(=O)NC3CCCC3)c2)ccc1OC(F)(F)F. The Morgan fingerprint density at radius 1 is 1.00 bits per heavy atom. The van der Waals surface area contributed by atoms with Gasteiger partial charge in [0.05, 0.1) is 18.1 Å². The summed E-state index contributed by atoms with van der Waals surface area (Å²) in [5.41, 5.74) is 2.80. The Balaban J connectivity index is 1.42. The molecule has 10 heteroatoms. The number of nitriles is 1. The molecule has 3 aromatic carbocycles. The number of H-pyrrole nitrogens is 1. The second-order valence-corrected chi connectivity index (χ2v) is 10.4. The maximum atomic E-state index is 13.4. The van der Waals surface area contributed by atoms with Crippen molar-refractivity contribution in [2.75, 3.05) is 0 Å². The first-order chi connectivity index (χ1) is 20.2. The molecule has 216 valence electrons. The number of fused-ring (bicyclic) bond motifs is 1. The summed E-state index contributed by atoms with van der Waals surface area (Å²) in [6.45, 7) is 0. The molecule has 0 radical (unpaired) electrons. The smallest absolute Gasteiger partial charge is 0.405 e. The van der Waals surface area contributed by atoms with E-state index >= 15 is 0 Å². The number of halogens is 3. The molecule has 1 atom stereocenters. The Morgan fingerprint density at radius 2 is 1.76 bits per heavy atom. The van der Waals surface area contributed by atoms with Gasteiger partial charge in [-0.25, -0.2) is 0 Å². The van der Waals surface area contributed by atoms with Crippen LogP contribution < -0.4 is 15.4 Å². The lowest BCUT2D eigenvalue weighted by Crippen LogP contribution is -2.36. The highest BCUT2D eigenvalue weighted by molar-refractivity contribution is 5.99.